The van der Waals surface area contributed by atoms with E-state index in [9.17, 15) is 4.79 Å². The number of carbonyl (C=O) groups is 1. The molecule has 0 aromatic carbocycles. The van der Waals surface area contributed by atoms with Gasteiger partial charge in [-0.1, -0.05) is 79.4 Å². The number of amides is 1. The number of carbonyl (C=O) groups excluding carboxylic acids is 1. The van der Waals surface area contributed by atoms with Gasteiger partial charge in [-0.25, -0.2) is 0 Å². The molecule has 0 aliphatic heterocycles. The first-order valence-electron chi connectivity index (χ1n) is 9.59. The van der Waals surface area contributed by atoms with Crippen molar-refractivity contribution in [2.45, 2.75) is 99.3 Å². The number of allylic oxidation sites excluding steroid dienone is 1. The zero-order chi connectivity index (χ0) is 18.1. The highest BCUT2D eigenvalue weighted by atomic mass is 16.2. The molecule has 0 radical (unpaired) electrons. The normalized spacial score (nSPS) is 14.7. The minimum Gasteiger partial charge on any atom is -0.296 e. The Morgan fingerprint density at radius 3 is 2.09 bits per heavy atom. The quantitative estimate of drug-likeness (QED) is 0.437. The van der Waals surface area contributed by atoms with Gasteiger partial charge in [-0.15, -0.1) is 0 Å². The Kier molecular flexibility index (Phi) is 16.7. The van der Waals surface area contributed by atoms with E-state index in [0.29, 0.717) is 6.42 Å². The summed E-state index contributed by atoms with van der Waals surface area (Å²) in [6.07, 6.45) is 16.1. The van der Waals surface area contributed by atoms with Gasteiger partial charge in [0.25, 0.3) is 0 Å². The third kappa shape index (κ3) is 12.1. The van der Waals surface area contributed by atoms with Crippen LogP contribution in [0.15, 0.2) is 25.1 Å². The van der Waals surface area contributed by atoms with E-state index in [-0.39, 0.29) is 5.91 Å². The SMILES string of the molecule is C=CN(/C=C\C)C(=O)CCCCCC.CC.CCC1(C)CCC1. The van der Waals surface area contributed by atoms with Crippen molar-refractivity contribution in [1.29, 1.82) is 0 Å². The monoisotopic (exact) mass is 323 g/mol. The van der Waals surface area contributed by atoms with Crippen molar-refractivity contribution in [1.82, 2.24) is 4.90 Å². The van der Waals surface area contributed by atoms with Crippen molar-refractivity contribution in [3.05, 3.63) is 25.1 Å². The van der Waals surface area contributed by atoms with Gasteiger partial charge in [-0.3, -0.25) is 9.69 Å². The lowest BCUT2D eigenvalue weighted by Gasteiger charge is -2.37. The molecule has 2 nitrogen and oxygen atoms in total. The van der Waals surface area contributed by atoms with Crippen LogP contribution in [-0.4, -0.2) is 10.8 Å². The van der Waals surface area contributed by atoms with Crippen LogP contribution in [0.2, 0.25) is 0 Å². The smallest absolute Gasteiger partial charge is 0.230 e. The van der Waals surface area contributed by atoms with Gasteiger partial charge in [0.05, 0.1) is 0 Å². The maximum Gasteiger partial charge on any atom is 0.230 e. The van der Waals surface area contributed by atoms with Gasteiger partial charge < -0.3 is 0 Å². The van der Waals surface area contributed by atoms with Gasteiger partial charge in [-0.2, -0.15) is 0 Å². The molecule has 0 saturated heterocycles. The molecule has 2 heteroatoms. The van der Waals surface area contributed by atoms with E-state index in [2.05, 4.69) is 27.4 Å². The Bertz CT molecular complexity index is 310. The fourth-order valence-corrected chi connectivity index (χ4v) is 2.37. The third-order valence-electron chi connectivity index (χ3n) is 4.45. The molecule has 1 aliphatic carbocycles. The van der Waals surface area contributed by atoms with E-state index in [1.807, 2.05) is 26.8 Å². The minimum absolute atomic E-state index is 0.134. The second-order valence-electron chi connectivity index (χ2n) is 6.29. The molecular weight excluding hydrogens is 282 g/mol. The first-order valence-corrected chi connectivity index (χ1v) is 9.59. The molecule has 0 bridgehead atoms. The molecule has 0 unspecified atom stereocenters. The van der Waals surface area contributed by atoms with Crippen LogP contribution in [0, 0.1) is 5.41 Å². The van der Waals surface area contributed by atoms with Crippen LogP contribution in [0.3, 0.4) is 0 Å². The van der Waals surface area contributed by atoms with E-state index in [1.165, 1.54) is 38.5 Å². The number of hydrogen-bond donors (Lipinski definition) is 0. The van der Waals surface area contributed by atoms with E-state index in [1.54, 1.807) is 17.3 Å². The summed E-state index contributed by atoms with van der Waals surface area (Å²) < 4.78 is 0. The predicted molar refractivity (Wildman–Crippen MR) is 104 cm³/mol. The van der Waals surface area contributed by atoms with E-state index in [4.69, 9.17) is 0 Å². The van der Waals surface area contributed by atoms with Crippen LogP contribution < -0.4 is 0 Å². The Morgan fingerprint density at radius 2 is 1.78 bits per heavy atom. The fourth-order valence-electron chi connectivity index (χ4n) is 2.37. The molecule has 0 N–H and O–H groups in total. The number of hydrogen-bond acceptors (Lipinski definition) is 1. The highest BCUT2D eigenvalue weighted by Crippen LogP contribution is 2.42. The summed E-state index contributed by atoms with van der Waals surface area (Å²) in [4.78, 5) is 13.1. The molecule has 0 spiro atoms. The molecule has 0 atom stereocenters. The Balaban J connectivity index is 0. The molecule has 1 fully saturated rings. The van der Waals surface area contributed by atoms with Crippen LogP contribution in [-0.2, 0) is 4.79 Å². The van der Waals surface area contributed by atoms with Gasteiger partial charge in [-0.05, 0) is 31.6 Å². The summed E-state index contributed by atoms with van der Waals surface area (Å²) in [6.45, 7) is 16.3. The first kappa shape index (κ1) is 24.2. The van der Waals surface area contributed by atoms with Crippen molar-refractivity contribution >= 4 is 5.91 Å². The van der Waals surface area contributed by atoms with Crippen molar-refractivity contribution in [2.75, 3.05) is 0 Å². The lowest BCUT2D eigenvalue weighted by Crippen LogP contribution is -2.23. The average Bonchev–Trinajstić information content (AvgIpc) is 2.56. The molecule has 23 heavy (non-hydrogen) atoms. The third-order valence-corrected chi connectivity index (χ3v) is 4.45. The summed E-state index contributed by atoms with van der Waals surface area (Å²) in [5, 5.41) is 0. The van der Waals surface area contributed by atoms with Crippen LogP contribution in [0.5, 0.6) is 0 Å². The second kappa shape index (κ2) is 15.8. The van der Waals surface area contributed by atoms with Gasteiger partial charge >= 0.3 is 0 Å². The summed E-state index contributed by atoms with van der Waals surface area (Å²) in [6, 6.07) is 0. The van der Waals surface area contributed by atoms with Crippen molar-refractivity contribution in [3.8, 4) is 0 Å². The lowest BCUT2D eigenvalue weighted by molar-refractivity contribution is -0.126. The van der Waals surface area contributed by atoms with Crippen LogP contribution in [0.25, 0.3) is 0 Å². The first-order chi connectivity index (χ1) is 11.0. The molecular formula is C21H41NO. The van der Waals surface area contributed by atoms with Crippen molar-refractivity contribution in [2.24, 2.45) is 5.41 Å². The summed E-state index contributed by atoms with van der Waals surface area (Å²) in [5.74, 6) is 0.134. The second-order valence-corrected chi connectivity index (χ2v) is 6.29. The average molecular weight is 324 g/mol. The maximum absolute atomic E-state index is 11.5. The van der Waals surface area contributed by atoms with Gasteiger partial charge in [0.15, 0.2) is 0 Å². The highest BCUT2D eigenvalue weighted by molar-refractivity contribution is 5.78. The Morgan fingerprint density at radius 1 is 1.17 bits per heavy atom. The molecule has 0 aromatic rings. The standard InChI is InChI=1S/C12H21NO.C7H14.C2H6/c1-4-7-8-9-10-12(14)13(6-3)11-5-2;1-3-7(2)5-4-6-7;1-2/h5-6,11H,3-4,7-10H2,1-2H3;3-6H2,1-2H3;1-2H3/b11-5-;;. The van der Waals surface area contributed by atoms with E-state index in [0.717, 1.165) is 18.3 Å². The van der Waals surface area contributed by atoms with Crippen LogP contribution in [0.4, 0.5) is 0 Å². The van der Waals surface area contributed by atoms with Crippen molar-refractivity contribution < 1.29 is 4.79 Å². The minimum atomic E-state index is 0.134. The maximum atomic E-state index is 11.5. The largest absolute Gasteiger partial charge is 0.296 e. The van der Waals surface area contributed by atoms with Crippen LogP contribution >= 0.6 is 0 Å². The molecule has 1 rings (SSSR count). The zero-order valence-corrected chi connectivity index (χ0v) is 16.7. The van der Waals surface area contributed by atoms with Gasteiger partial charge in [0.2, 0.25) is 5.91 Å². The van der Waals surface area contributed by atoms with E-state index < -0.39 is 0 Å². The molecule has 0 aromatic heterocycles. The molecule has 1 amide bonds. The molecule has 1 saturated carbocycles. The highest BCUT2D eigenvalue weighted by Gasteiger charge is 2.28. The molecule has 136 valence electrons. The Hall–Kier alpha value is -1.05. The summed E-state index contributed by atoms with van der Waals surface area (Å²) in [5.41, 5.74) is 0.764. The number of nitrogens with zero attached hydrogens (tertiary/aromatic N) is 1. The summed E-state index contributed by atoms with van der Waals surface area (Å²) >= 11 is 0. The zero-order valence-electron chi connectivity index (χ0n) is 16.7. The van der Waals surface area contributed by atoms with Gasteiger partial charge in [0.1, 0.15) is 0 Å². The topological polar surface area (TPSA) is 20.3 Å². The fraction of sp³-hybridized carbons (Fsp3) is 0.762. The van der Waals surface area contributed by atoms with Crippen LogP contribution in [0.1, 0.15) is 99.3 Å². The lowest BCUT2D eigenvalue weighted by atomic mass is 9.69. The van der Waals surface area contributed by atoms with Gasteiger partial charge in [0, 0.05) is 18.8 Å². The van der Waals surface area contributed by atoms with Crippen molar-refractivity contribution in [3.63, 3.8) is 0 Å². The Labute approximate surface area is 146 Å². The number of unbranched alkanes of at least 4 members (excludes halogenated alkanes) is 3. The molecule has 1 aliphatic rings. The number of rotatable bonds is 8. The summed E-state index contributed by atoms with van der Waals surface area (Å²) in [7, 11) is 0. The van der Waals surface area contributed by atoms with E-state index >= 15 is 0 Å². The predicted octanol–water partition coefficient (Wildman–Crippen LogP) is 7.08. The molecule has 0 heterocycles.